The minimum atomic E-state index is -0.494. The number of aryl methyl sites for hydroxylation is 1. The van der Waals surface area contributed by atoms with Crippen LogP contribution in [0.15, 0.2) is 24.5 Å². The lowest BCUT2D eigenvalue weighted by molar-refractivity contribution is -0.166. The van der Waals surface area contributed by atoms with Gasteiger partial charge in [0.25, 0.3) is 0 Å². The van der Waals surface area contributed by atoms with Crippen LogP contribution in [0.2, 0.25) is 0 Å². The van der Waals surface area contributed by atoms with Gasteiger partial charge in [-0.15, -0.1) is 0 Å². The minimum Gasteiger partial charge on any atom is -0.459 e. The Morgan fingerprint density at radius 3 is 2.54 bits per heavy atom. The van der Waals surface area contributed by atoms with Crippen LogP contribution in [0.4, 0.5) is 0 Å². The van der Waals surface area contributed by atoms with Crippen LogP contribution in [0.3, 0.4) is 0 Å². The first-order valence-electron chi connectivity index (χ1n) is 9.91. The molecule has 1 aliphatic rings. The number of carbonyl (C=O) groups excluding carboxylic acids is 1. The van der Waals surface area contributed by atoms with Crippen LogP contribution >= 0.6 is 0 Å². The Kier molecular flexibility index (Phi) is 5.36. The molecule has 152 valence electrons. The van der Waals surface area contributed by atoms with Crippen LogP contribution in [-0.2, 0) is 22.5 Å². The van der Waals surface area contributed by atoms with Crippen LogP contribution in [0.1, 0.15) is 58.5 Å². The van der Waals surface area contributed by atoms with Gasteiger partial charge >= 0.3 is 5.97 Å². The van der Waals surface area contributed by atoms with E-state index in [-0.39, 0.29) is 17.4 Å². The van der Waals surface area contributed by atoms with Crippen molar-refractivity contribution in [2.75, 3.05) is 6.54 Å². The van der Waals surface area contributed by atoms with E-state index in [1.54, 1.807) is 6.20 Å². The number of carbonyl (C=O) groups is 1. The molecule has 0 spiro atoms. The normalized spacial score (nSPS) is 16.5. The molecule has 1 unspecified atom stereocenters. The van der Waals surface area contributed by atoms with Crippen molar-refractivity contribution in [2.24, 2.45) is 5.41 Å². The fourth-order valence-electron chi connectivity index (χ4n) is 3.77. The van der Waals surface area contributed by atoms with Gasteiger partial charge in [-0.05, 0) is 45.2 Å². The summed E-state index contributed by atoms with van der Waals surface area (Å²) < 4.78 is 7.67. The molecule has 0 saturated carbocycles. The van der Waals surface area contributed by atoms with Crippen molar-refractivity contribution in [2.45, 2.75) is 73.1 Å². The molecule has 0 bridgehead atoms. The van der Waals surface area contributed by atoms with E-state index in [0.29, 0.717) is 6.54 Å². The highest BCUT2D eigenvalue weighted by molar-refractivity contribution is 5.77. The molecule has 0 amide bonds. The second-order valence-corrected chi connectivity index (χ2v) is 9.72. The van der Waals surface area contributed by atoms with Crippen molar-refractivity contribution in [3.05, 3.63) is 41.5 Å². The lowest BCUT2D eigenvalue weighted by Gasteiger charge is -2.41. The highest BCUT2D eigenvalue weighted by atomic mass is 16.6. The molecular weight excluding hydrogens is 352 g/mol. The standard InChI is InChI=1S/C22H32N4O2/c1-15-12-17(8-10-23-15)26-14-16-13-25(11-9-18(16)24-26)19(21(2,3)4)20(27)28-22(5,6)7/h8,10,12,14,19H,9,11,13H2,1-7H3. The van der Waals surface area contributed by atoms with Gasteiger partial charge in [-0.3, -0.25) is 14.7 Å². The third kappa shape index (κ3) is 4.61. The minimum absolute atomic E-state index is 0.152. The average molecular weight is 385 g/mol. The Labute approximate surface area is 167 Å². The van der Waals surface area contributed by atoms with Gasteiger partial charge in [0.1, 0.15) is 11.6 Å². The number of pyridine rings is 1. The molecule has 3 heterocycles. The van der Waals surface area contributed by atoms with Crippen molar-refractivity contribution in [1.82, 2.24) is 19.7 Å². The lowest BCUT2D eigenvalue weighted by Crippen LogP contribution is -2.52. The van der Waals surface area contributed by atoms with Gasteiger partial charge in [-0.1, -0.05) is 20.8 Å². The number of esters is 1. The number of hydrogen-bond donors (Lipinski definition) is 0. The summed E-state index contributed by atoms with van der Waals surface area (Å²) >= 11 is 0. The summed E-state index contributed by atoms with van der Waals surface area (Å²) in [5.41, 5.74) is 3.52. The van der Waals surface area contributed by atoms with Crippen LogP contribution in [0.5, 0.6) is 0 Å². The molecule has 0 fully saturated rings. The van der Waals surface area contributed by atoms with Gasteiger partial charge in [0.05, 0.1) is 11.4 Å². The van der Waals surface area contributed by atoms with Crippen LogP contribution in [-0.4, -0.2) is 43.8 Å². The quantitative estimate of drug-likeness (QED) is 0.756. The number of fused-ring (bicyclic) bond motifs is 1. The lowest BCUT2D eigenvalue weighted by atomic mass is 9.84. The summed E-state index contributed by atoms with van der Waals surface area (Å²) in [4.78, 5) is 19.5. The second-order valence-electron chi connectivity index (χ2n) is 9.72. The van der Waals surface area contributed by atoms with Crippen LogP contribution < -0.4 is 0 Å². The maximum atomic E-state index is 13.0. The SMILES string of the molecule is Cc1cc(-n2cc3c(n2)CCN(C(C(=O)OC(C)(C)C)C(C)(C)C)C3)ccn1. The summed E-state index contributed by atoms with van der Waals surface area (Å²) in [5.74, 6) is -0.152. The average Bonchev–Trinajstić information content (AvgIpc) is 2.95. The molecule has 0 aliphatic carbocycles. The molecule has 0 aromatic carbocycles. The molecule has 28 heavy (non-hydrogen) atoms. The van der Waals surface area contributed by atoms with Crippen molar-refractivity contribution in [3.63, 3.8) is 0 Å². The number of ether oxygens (including phenoxy) is 1. The monoisotopic (exact) mass is 384 g/mol. The van der Waals surface area contributed by atoms with E-state index in [9.17, 15) is 4.79 Å². The van der Waals surface area contributed by atoms with E-state index in [2.05, 4.69) is 36.9 Å². The molecule has 6 heteroatoms. The first kappa shape index (κ1) is 20.5. The van der Waals surface area contributed by atoms with Crippen molar-refractivity contribution in [1.29, 1.82) is 0 Å². The Balaban J connectivity index is 1.85. The number of aromatic nitrogens is 3. The largest absolute Gasteiger partial charge is 0.459 e. The van der Waals surface area contributed by atoms with Gasteiger partial charge in [-0.2, -0.15) is 5.10 Å². The molecular formula is C22H32N4O2. The van der Waals surface area contributed by atoms with Crippen molar-refractivity contribution >= 4 is 5.97 Å². The zero-order chi connectivity index (χ0) is 20.7. The first-order chi connectivity index (χ1) is 12.9. The zero-order valence-corrected chi connectivity index (χ0v) is 18.1. The van der Waals surface area contributed by atoms with Crippen LogP contribution in [0.25, 0.3) is 5.69 Å². The molecule has 2 aromatic rings. The predicted octanol–water partition coefficient (Wildman–Crippen LogP) is 3.69. The molecule has 0 radical (unpaired) electrons. The molecule has 6 nitrogen and oxygen atoms in total. The molecule has 1 atom stereocenters. The third-order valence-corrected chi connectivity index (χ3v) is 4.85. The van der Waals surface area contributed by atoms with E-state index >= 15 is 0 Å². The molecule has 3 rings (SSSR count). The molecule has 0 saturated heterocycles. The fourth-order valence-corrected chi connectivity index (χ4v) is 3.77. The smallest absolute Gasteiger partial charge is 0.324 e. The highest BCUT2D eigenvalue weighted by Crippen LogP contribution is 2.31. The number of nitrogens with zero attached hydrogens (tertiary/aromatic N) is 4. The van der Waals surface area contributed by atoms with E-state index in [1.807, 2.05) is 44.5 Å². The highest BCUT2D eigenvalue weighted by Gasteiger charge is 2.40. The van der Waals surface area contributed by atoms with Gasteiger partial charge in [0.15, 0.2) is 0 Å². The van der Waals surface area contributed by atoms with E-state index in [1.165, 1.54) is 5.56 Å². The topological polar surface area (TPSA) is 60.2 Å². The van der Waals surface area contributed by atoms with Crippen LogP contribution in [0, 0.1) is 12.3 Å². The summed E-state index contributed by atoms with van der Waals surface area (Å²) in [6.07, 6.45) is 4.70. The first-order valence-corrected chi connectivity index (χ1v) is 9.91. The summed E-state index contributed by atoms with van der Waals surface area (Å²) in [7, 11) is 0. The molecule has 0 N–H and O–H groups in total. The van der Waals surface area contributed by atoms with Crippen molar-refractivity contribution < 1.29 is 9.53 Å². The Bertz CT molecular complexity index is 858. The van der Waals surface area contributed by atoms with E-state index in [4.69, 9.17) is 9.84 Å². The fraction of sp³-hybridized carbons (Fsp3) is 0.591. The Morgan fingerprint density at radius 2 is 1.93 bits per heavy atom. The van der Waals surface area contributed by atoms with Gasteiger partial charge in [0, 0.05) is 43.2 Å². The maximum absolute atomic E-state index is 13.0. The van der Waals surface area contributed by atoms with E-state index < -0.39 is 5.60 Å². The Morgan fingerprint density at radius 1 is 1.21 bits per heavy atom. The van der Waals surface area contributed by atoms with Gasteiger partial charge in [0.2, 0.25) is 0 Å². The number of hydrogen-bond acceptors (Lipinski definition) is 5. The van der Waals surface area contributed by atoms with E-state index in [0.717, 1.165) is 30.0 Å². The van der Waals surface area contributed by atoms with Crippen molar-refractivity contribution in [3.8, 4) is 5.69 Å². The number of rotatable bonds is 3. The zero-order valence-electron chi connectivity index (χ0n) is 18.1. The summed E-state index contributed by atoms with van der Waals surface area (Å²) in [5, 5.41) is 4.77. The predicted molar refractivity (Wildman–Crippen MR) is 109 cm³/mol. The molecule has 2 aromatic heterocycles. The maximum Gasteiger partial charge on any atom is 0.324 e. The Hall–Kier alpha value is -2.21. The second kappa shape index (κ2) is 7.32. The third-order valence-electron chi connectivity index (χ3n) is 4.85. The summed E-state index contributed by atoms with van der Waals surface area (Å²) in [6.45, 7) is 15.5. The molecule has 1 aliphatic heterocycles. The van der Waals surface area contributed by atoms with Gasteiger partial charge in [-0.25, -0.2) is 4.68 Å². The van der Waals surface area contributed by atoms with Gasteiger partial charge < -0.3 is 4.74 Å². The summed E-state index contributed by atoms with van der Waals surface area (Å²) in [6, 6.07) is 3.68.